The molecular weight excluding hydrogens is 358 g/mol. The molecule has 28 heavy (non-hydrogen) atoms. The number of rotatable bonds is 5. The van der Waals surface area contributed by atoms with Crippen LogP contribution in [0.25, 0.3) is 22.1 Å². The van der Waals surface area contributed by atoms with E-state index in [1.165, 1.54) is 14.2 Å². The van der Waals surface area contributed by atoms with Gasteiger partial charge in [-0.25, -0.2) is 0 Å². The molecule has 2 aromatic carbocycles. The Kier molecular flexibility index (Phi) is 5.14. The molecule has 0 unspecified atom stereocenters. The summed E-state index contributed by atoms with van der Waals surface area (Å²) in [5.74, 6) is -0.488. The van der Waals surface area contributed by atoms with Gasteiger partial charge in [0.15, 0.2) is 5.76 Å². The van der Waals surface area contributed by atoms with E-state index in [2.05, 4.69) is 5.32 Å². The zero-order chi connectivity index (χ0) is 20.5. The van der Waals surface area contributed by atoms with E-state index < -0.39 is 17.2 Å². The number of amides is 1. The Morgan fingerprint density at radius 3 is 2.25 bits per heavy atom. The van der Waals surface area contributed by atoms with E-state index in [1.807, 2.05) is 51.1 Å². The van der Waals surface area contributed by atoms with Crippen molar-refractivity contribution in [3.8, 4) is 22.6 Å². The summed E-state index contributed by atoms with van der Waals surface area (Å²) in [5.41, 5.74) is 1.12. The van der Waals surface area contributed by atoms with Crippen molar-refractivity contribution >= 4 is 22.7 Å². The molecule has 0 atom stereocenters. The normalized spacial score (nSPS) is 11.3. The number of Topliss-reactive ketones (excluding diaryl/α,β-unsaturated/α-hetero) is 1. The van der Waals surface area contributed by atoms with Crippen LogP contribution in [0.3, 0.4) is 0 Å². The third-order valence-corrected chi connectivity index (χ3v) is 4.15. The first-order chi connectivity index (χ1) is 13.2. The number of methoxy groups -OCH3 is 2. The Labute approximate surface area is 163 Å². The second kappa shape index (κ2) is 7.38. The topological polar surface area (TPSA) is 77.8 Å². The van der Waals surface area contributed by atoms with Crippen molar-refractivity contribution in [3.63, 3.8) is 0 Å². The number of hydrogen-bond acceptors (Lipinski definition) is 5. The molecule has 0 bridgehead atoms. The number of benzene rings is 2. The summed E-state index contributed by atoms with van der Waals surface area (Å²) in [6.07, 6.45) is 0. The standard InChI is InChI=1S/C22H23NO5/c1-22(2,3)23-21(25)19(24)20-17(13-9-7-6-8-10-13)18-15(27-5)11-14(26-4)12-16(18)28-20/h6-12H,1-5H3,(H,23,25). The third-order valence-electron chi connectivity index (χ3n) is 4.15. The molecule has 1 amide bonds. The predicted molar refractivity (Wildman–Crippen MR) is 107 cm³/mol. The zero-order valence-electron chi connectivity index (χ0n) is 16.6. The van der Waals surface area contributed by atoms with Crippen LogP contribution in [-0.2, 0) is 4.79 Å². The highest BCUT2D eigenvalue weighted by Gasteiger charge is 2.30. The van der Waals surface area contributed by atoms with Crippen molar-refractivity contribution < 1.29 is 23.5 Å². The molecule has 146 valence electrons. The fourth-order valence-electron chi connectivity index (χ4n) is 2.99. The van der Waals surface area contributed by atoms with Crippen LogP contribution in [-0.4, -0.2) is 31.4 Å². The summed E-state index contributed by atoms with van der Waals surface area (Å²) in [4.78, 5) is 25.5. The molecule has 1 heterocycles. The molecule has 0 spiro atoms. The number of nitrogens with one attached hydrogen (secondary N) is 1. The Hall–Kier alpha value is -3.28. The summed E-state index contributed by atoms with van der Waals surface area (Å²) >= 11 is 0. The SMILES string of the molecule is COc1cc(OC)c2c(-c3ccccc3)c(C(=O)C(=O)NC(C)(C)C)oc2c1. The molecule has 6 heteroatoms. The van der Waals surface area contributed by atoms with Crippen molar-refractivity contribution in [1.82, 2.24) is 5.32 Å². The number of carbonyl (C=O) groups excluding carboxylic acids is 2. The minimum Gasteiger partial charge on any atom is -0.496 e. The van der Waals surface area contributed by atoms with E-state index >= 15 is 0 Å². The van der Waals surface area contributed by atoms with Gasteiger partial charge in [0.1, 0.15) is 17.1 Å². The van der Waals surface area contributed by atoms with Crippen LogP contribution >= 0.6 is 0 Å². The molecule has 3 rings (SSSR count). The molecule has 0 saturated heterocycles. The van der Waals surface area contributed by atoms with Crippen LogP contribution in [0.2, 0.25) is 0 Å². The van der Waals surface area contributed by atoms with Gasteiger partial charge < -0.3 is 19.2 Å². The Bertz CT molecular complexity index is 1030. The second-order valence-electron chi connectivity index (χ2n) is 7.41. The Morgan fingerprint density at radius 2 is 1.68 bits per heavy atom. The molecule has 6 nitrogen and oxygen atoms in total. The number of furan rings is 1. The number of carbonyl (C=O) groups is 2. The molecular formula is C22H23NO5. The van der Waals surface area contributed by atoms with Gasteiger partial charge in [-0.1, -0.05) is 30.3 Å². The predicted octanol–water partition coefficient (Wildman–Crippen LogP) is 4.21. The van der Waals surface area contributed by atoms with Gasteiger partial charge in [-0.3, -0.25) is 9.59 Å². The second-order valence-corrected chi connectivity index (χ2v) is 7.41. The first-order valence-corrected chi connectivity index (χ1v) is 8.86. The van der Waals surface area contributed by atoms with Gasteiger partial charge in [0.25, 0.3) is 11.7 Å². The van der Waals surface area contributed by atoms with Crippen molar-refractivity contribution in [3.05, 3.63) is 48.2 Å². The van der Waals surface area contributed by atoms with E-state index in [1.54, 1.807) is 12.1 Å². The van der Waals surface area contributed by atoms with Crippen LogP contribution in [0.4, 0.5) is 0 Å². The first-order valence-electron chi connectivity index (χ1n) is 8.86. The third kappa shape index (κ3) is 3.71. The van der Waals surface area contributed by atoms with Crippen molar-refractivity contribution in [2.45, 2.75) is 26.3 Å². The lowest BCUT2D eigenvalue weighted by molar-refractivity contribution is -0.118. The molecule has 0 aliphatic carbocycles. The van der Waals surface area contributed by atoms with E-state index in [0.717, 1.165) is 5.56 Å². The smallest absolute Gasteiger partial charge is 0.296 e. The molecule has 3 aromatic rings. The number of ether oxygens (including phenoxy) is 2. The molecule has 0 fully saturated rings. The van der Waals surface area contributed by atoms with Crippen molar-refractivity contribution in [1.29, 1.82) is 0 Å². The average Bonchev–Trinajstić information content (AvgIpc) is 3.05. The quantitative estimate of drug-likeness (QED) is 0.529. The Morgan fingerprint density at radius 1 is 1.00 bits per heavy atom. The molecule has 0 radical (unpaired) electrons. The summed E-state index contributed by atoms with van der Waals surface area (Å²) in [7, 11) is 3.06. The lowest BCUT2D eigenvalue weighted by Gasteiger charge is -2.19. The highest BCUT2D eigenvalue weighted by Crippen LogP contribution is 2.42. The summed E-state index contributed by atoms with van der Waals surface area (Å²) in [6, 6.07) is 12.7. The monoisotopic (exact) mass is 381 g/mol. The highest BCUT2D eigenvalue weighted by molar-refractivity contribution is 6.44. The number of ketones is 1. The maximum atomic E-state index is 13.0. The first kappa shape index (κ1) is 19.5. The summed E-state index contributed by atoms with van der Waals surface area (Å²) in [6.45, 7) is 5.43. The van der Waals surface area contributed by atoms with Crippen LogP contribution in [0.1, 0.15) is 31.3 Å². The van der Waals surface area contributed by atoms with E-state index in [0.29, 0.717) is 28.0 Å². The molecule has 0 aliphatic rings. The molecule has 0 aliphatic heterocycles. The summed E-state index contributed by atoms with van der Waals surface area (Å²) < 4.78 is 16.7. The average molecular weight is 381 g/mol. The molecule has 1 N–H and O–H groups in total. The van der Waals surface area contributed by atoms with Crippen LogP contribution in [0, 0.1) is 0 Å². The van der Waals surface area contributed by atoms with Gasteiger partial charge >= 0.3 is 0 Å². The van der Waals surface area contributed by atoms with Gasteiger partial charge in [-0.15, -0.1) is 0 Å². The molecule has 0 saturated carbocycles. The van der Waals surface area contributed by atoms with Gasteiger partial charge in [-0.2, -0.15) is 0 Å². The lowest BCUT2D eigenvalue weighted by Crippen LogP contribution is -2.44. The largest absolute Gasteiger partial charge is 0.496 e. The van der Waals surface area contributed by atoms with Crippen LogP contribution < -0.4 is 14.8 Å². The van der Waals surface area contributed by atoms with Gasteiger partial charge in [0.2, 0.25) is 0 Å². The Balaban J connectivity index is 2.27. The van der Waals surface area contributed by atoms with Gasteiger partial charge in [-0.05, 0) is 26.3 Å². The van der Waals surface area contributed by atoms with Gasteiger partial charge in [0.05, 0.1) is 19.6 Å². The number of hydrogen-bond donors (Lipinski definition) is 1. The van der Waals surface area contributed by atoms with E-state index in [-0.39, 0.29) is 5.76 Å². The summed E-state index contributed by atoms with van der Waals surface area (Å²) in [5, 5.41) is 3.30. The van der Waals surface area contributed by atoms with Crippen molar-refractivity contribution in [2.24, 2.45) is 0 Å². The lowest BCUT2D eigenvalue weighted by atomic mass is 9.99. The zero-order valence-corrected chi connectivity index (χ0v) is 16.6. The number of fused-ring (bicyclic) bond motifs is 1. The maximum absolute atomic E-state index is 13.0. The fraction of sp³-hybridized carbons (Fsp3) is 0.273. The molecule has 1 aromatic heterocycles. The van der Waals surface area contributed by atoms with Gasteiger partial charge in [0, 0.05) is 23.2 Å². The van der Waals surface area contributed by atoms with Crippen LogP contribution in [0.15, 0.2) is 46.9 Å². The highest BCUT2D eigenvalue weighted by atomic mass is 16.5. The van der Waals surface area contributed by atoms with E-state index in [9.17, 15) is 9.59 Å². The van der Waals surface area contributed by atoms with Crippen LogP contribution in [0.5, 0.6) is 11.5 Å². The minimum atomic E-state index is -0.744. The van der Waals surface area contributed by atoms with E-state index in [4.69, 9.17) is 13.9 Å². The maximum Gasteiger partial charge on any atom is 0.296 e. The fourth-order valence-corrected chi connectivity index (χ4v) is 2.99. The van der Waals surface area contributed by atoms with Crippen molar-refractivity contribution in [2.75, 3.05) is 14.2 Å². The minimum absolute atomic E-state index is 0.0329.